The molecule has 0 aromatic carbocycles. The minimum Gasteiger partial charge on any atom is -0.356 e. The average Bonchev–Trinajstić information content (AvgIpc) is 2.44. The van der Waals surface area contributed by atoms with Crippen molar-refractivity contribution in [2.45, 2.75) is 18.9 Å². The Balaban J connectivity index is 3.02. The summed E-state index contributed by atoms with van der Waals surface area (Å²) in [6.07, 6.45) is 0.462. The molecule has 92 valence electrons. The zero-order valence-electron chi connectivity index (χ0n) is 8.45. The minimum absolute atomic E-state index is 0.440. The van der Waals surface area contributed by atoms with Crippen LogP contribution in [0.1, 0.15) is 12.6 Å². The van der Waals surface area contributed by atoms with Crippen LogP contribution < -0.4 is 4.18 Å². The molecule has 0 spiro atoms. The van der Waals surface area contributed by atoms with Gasteiger partial charge in [0.25, 0.3) is 0 Å². The van der Waals surface area contributed by atoms with Gasteiger partial charge in [0.15, 0.2) is 0 Å². The lowest BCUT2D eigenvalue weighted by Gasteiger charge is -2.08. The standard InChI is InChI=1S/C7H9F3N2O3S/c1-3-5-4-6(12(2)11-5)15-16(13,14)7(8,9)10/h4H,3H2,1-2H3. The van der Waals surface area contributed by atoms with Gasteiger partial charge in [-0.1, -0.05) is 6.92 Å². The topological polar surface area (TPSA) is 61.2 Å². The van der Waals surface area contributed by atoms with Gasteiger partial charge in [0.1, 0.15) is 0 Å². The maximum Gasteiger partial charge on any atom is 0.534 e. The number of aryl methyl sites for hydroxylation is 2. The molecule has 0 aliphatic rings. The van der Waals surface area contributed by atoms with E-state index in [4.69, 9.17) is 0 Å². The average molecular weight is 258 g/mol. The van der Waals surface area contributed by atoms with Crippen LogP contribution in [0.25, 0.3) is 0 Å². The third kappa shape index (κ3) is 2.46. The summed E-state index contributed by atoms with van der Waals surface area (Å²) in [7, 11) is -4.34. The van der Waals surface area contributed by atoms with Gasteiger partial charge in [0.2, 0.25) is 5.88 Å². The first-order valence-electron chi connectivity index (χ1n) is 4.21. The molecule has 0 amide bonds. The molecule has 0 aliphatic carbocycles. The highest BCUT2D eigenvalue weighted by Crippen LogP contribution is 2.26. The normalized spacial score (nSPS) is 12.8. The lowest BCUT2D eigenvalue weighted by Crippen LogP contribution is -2.28. The Kier molecular flexibility index (Phi) is 3.17. The van der Waals surface area contributed by atoms with Gasteiger partial charge < -0.3 is 4.18 Å². The van der Waals surface area contributed by atoms with Crippen LogP contribution in [0.5, 0.6) is 5.88 Å². The summed E-state index contributed by atoms with van der Waals surface area (Å²) in [4.78, 5) is 0. The van der Waals surface area contributed by atoms with Crippen LogP contribution in [0.3, 0.4) is 0 Å². The molecule has 0 atom stereocenters. The van der Waals surface area contributed by atoms with Crippen molar-refractivity contribution in [3.63, 3.8) is 0 Å². The van der Waals surface area contributed by atoms with Crippen LogP contribution in [0.15, 0.2) is 6.07 Å². The van der Waals surface area contributed by atoms with Crippen molar-refractivity contribution in [1.29, 1.82) is 0 Å². The van der Waals surface area contributed by atoms with Crippen LogP contribution in [0.4, 0.5) is 13.2 Å². The summed E-state index contributed by atoms with van der Waals surface area (Å²) in [5.74, 6) is -0.464. The van der Waals surface area contributed by atoms with Gasteiger partial charge in [0, 0.05) is 13.1 Å². The molecule has 0 saturated carbocycles. The van der Waals surface area contributed by atoms with Gasteiger partial charge in [-0.25, -0.2) is 4.68 Å². The second-order valence-electron chi connectivity index (χ2n) is 2.93. The molecular weight excluding hydrogens is 249 g/mol. The number of halogens is 3. The number of aromatic nitrogens is 2. The third-order valence-electron chi connectivity index (χ3n) is 1.73. The van der Waals surface area contributed by atoms with E-state index in [1.807, 2.05) is 0 Å². The molecular formula is C7H9F3N2O3S. The molecule has 0 bridgehead atoms. The molecule has 1 rings (SSSR count). The zero-order valence-corrected chi connectivity index (χ0v) is 9.26. The smallest absolute Gasteiger partial charge is 0.356 e. The summed E-state index contributed by atoms with van der Waals surface area (Å²) in [5.41, 5.74) is -5.00. The number of hydrogen-bond acceptors (Lipinski definition) is 4. The molecule has 0 radical (unpaired) electrons. The van der Waals surface area contributed by atoms with E-state index < -0.39 is 21.5 Å². The molecule has 1 aromatic rings. The lowest BCUT2D eigenvalue weighted by molar-refractivity contribution is -0.0502. The maximum atomic E-state index is 12.0. The Labute approximate surface area is 89.9 Å². The zero-order chi connectivity index (χ0) is 12.6. The van der Waals surface area contributed by atoms with E-state index in [0.29, 0.717) is 12.1 Å². The highest BCUT2D eigenvalue weighted by molar-refractivity contribution is 7.87. The van der Waals surface area contributed by atoms with E-state index in [1.165, 1.54) is 7.05 Å². The Morgan fingerprint density at radius 2 is 2.06 bits per heavy atom. The first-order valence-corrected chi connectivity index (χ1v) is 5.62. The first kappa shape index (κ1) is 12.8. The third-order valence-corrected chi connectivity index (χ3v) is 2.69. The molecule has 16 heavy (non-hydrogen) atoms. The largest absolute Gasteiger partial charge is 0.534 e. The van der Waals surface area contributed by atoms with Crippen molar-refractivity contribution in [3.05, 3.63) is 11.8 Å². The molecule has 1 heterocycles. The van der Waals surface area contributed by atoms with Crippen molar-refractivity contribution >= 4 is 10.1 Å². The number of rotatable bonds is 3. The minimum atomic E-state index is -5.63. The first-order chi connectivity index (χ1) is 7.17. The predicted molar refractivity (Wildman–Crippen MR) is 48.2 cm³/mol. The molecule has 0 aliphatic heterocycles. The summed E-state index contributed by atoms with van der Waals surface area (Å²) in [6, 6.07) is 1.14. The predicted octanol–water partition coefficient (Wildman–Crippen LogP) is 1.21. The second kappa shape index (κ2) is 3.96. The molecule has 0 N–H and O–H groups in total. The summed E-state index contributed by atoms with van der Waals surface area (Å²) in [6.45, 7) is 1.73. The van der Waals surface area contributed by atoms with Crippen LogP contribution in [0, 0.1) is 0 Å². The van der Waals surface area contributed by atoms with Gasteiger partial charge >= 0.3 is 15.6 Å². The monoisotopic (exact) mass is 258 g/mol. The van der Waals surface area contributed by atoms with Gasteiger partial charge in [-0.15, -0.1) is 0 Å². The number of nitrogens with zero attached hydrogens (tertiary/aromatic N) is 2. The fourth-order valence-corrected chi connectivity index (χ4v) is 1.39. The number of alkyl halides is 3. The van der Waals surface area contributed by atoms with Crippen molar-refractivity contribution in [2.24, 2.45) is 7.05 Å². The van der Waals surface area contributed by atoms with Crippen LogP contribution in [-0.4, -0.2) is 23.7 Å². The molecule has 0 fully saturated rings. The maximum absolute atomic E-state index is 12.0. The van der Waals surface area contributed by atoms with E-state index in [2.05, 4.69) is 9.28 Å². The summed E-state index contributed by atoms with van der Waals surface area (Å²) < 4.78 is 62.2. The molecule has 0 saturated heterocycles. The Morgan fingerprint density at radius 1 is 1.50 bits per heavy atom. The summed E-state index contributed by atoms with van der Waals surface area (Å²) in [5, 5.41) is 3.76. The van der Waals surface area contributed by atoms with E-state index in [-0.39, 0.29) is 0 Å². The summed E-state index contributed by atoms with van der Waals surface area (Å²) >= 11 is 0. The fraction of sp³-hybridized carbons (Fsp3) is 0.571. The molecule has 9 heteroatoms. The van der Waals surface area contributed by atoms with E-state index >= 15 is 0 Å². The van der Waals surface area contributed by atoms with Crippen molar-refractivity contribution in [3.8, 4) is 5.88 Å². The van der Waals surface area contributed by atoms with E-state index in [1.54, 1.807) is 6.92 Å². The Morgan fingerprint density at radius 3 is 2.44 bits per heavy atom. The second-order valence-corrected chi connectivity index (χ2v) is 4.47. The van der Waals surface area contributed by atoms with Crippen LogP contribution in [0.2, 0.25) is 0 Å². The fourth-order valence-electron chi connectivity index (χ4n) is 0.917. The highest BCUT2D eigenvalue weighted by atomic mass is 32.2. The van der Waals surface area contributed by atoms with Gasteiger partial charge in [-0.05, 0) is 6.42 Å². The van der Waals surface area contributed by atoms with Crippen molar-refractivity contribution in [2.75, 3.05) is 0 Å². The van der Waals surface area contributed by atoms with Crippen molar-refractivity contribution in [1.82, 2.24) is 9.78 Å². The van der Waals surface area contributed by atoms with Crippen LogP contribution in [-0.2, 0) is 23.6 Å². The van der Waals surface area contributed by atoms with Crippen molar-refractivity contribution < 1.29 is 25.8 Å². The van der Waals surface area contributed by atoms with Gasteiger partial charge in [-0.2, -0.15) is 26.7 Å². The molecule has 5 nitrogen and oxygen atoms in total. The highest BCUT2D eigenvalue weighted by Gasteiger charge is 2.49. The lowest BCUT2D eigenvalue weighted by atomic mass is 10.3. The number of hydrogen-bond donors (Lipinski definition) is 0. The van der Waals surface area contributed by atoms with E-state index in [9.17, 15) is 21.6 Å². The van der Waals surface area contributed by atoms with Gasteiger partial charge in [-0.3, -0.25) is 0 Å². The Hall–Kier alpha value is -1.25. The molecule has 0 unspecified atom stereocenters. The quantitative estimate of drug-likeness (QED) is 0.604. The molecule has 1 aromatic heterocycles. The Bertz CT molecular complexity index is 478. The SMILES string of the molecule is CCc1cc(OS(=O)(=O)C(F)(F)F)n(C)n1. The van der Waals surface area contributed by atoms with Crippen LogP contribution >= 0.6 is 0 Å². The van der Waals surface area contributed by atoms with E-state index in [0.717, 1.165) is 10.7 Å². The van der Waals surface area contributed by atoms with Gasteiger partial charge in [0.05, 0.1) is 5.69 Å².